The van der Waals surface area contributed by atoms with E-state index < -0.39 is 11.7 Å². The van der Waals surface area contributed by atoms with E-state index >= 15 is 0 Å². The van der Waals surface area contributed by atoms with Crippen molar-refractivity contribution in [2.24, 2.45) is 0 Å². The van der Waals surface area contributed by atoms with Crippen LogP contribution in [0.25, 0.3) is 11.3 Å². The number of carbonyl (C=O) groups excluding carboxylic acids is 1. The maximum Gasteiger partial charge on any atom is 0.258 e. The minimum Gasteiger partial charge on any atom is -0.334 e. The molecule has 0 bridgehead atoms. The number of fused-ring (bicyclic) bond motifs is 1. The Balaban J connectivity index is 1.67. The van der Waals surface area contributed by atoms with Gasteiger partial charge in [-0.25, -0.2) is 9.37 Å². The Bertz CT molecular complexity index is 909. The predicted molar refractivity (Wildman–Crippen MR) is 95.0 cm³/mol. The van der Waals surface area contributed by atoms with E-state index in [0.29, 0.717) is 5.69 Å². The highest BCUT2D eigenvalue weighted by Crippen LogP contribution is 2.29. The fourth-order valence-corrected chi connectivity index (χ4v) is 3.19. The number of rotatable bonds is 3. The van der Waals surface area contributed by atoms with E-state index in [4.69, 9.17) is 4.98 Å². The second-order valence-electron chi connectivity index (χ2n) is 6.17. The molecule has 1 aromatic heterocycles. The molecule has 0 saturated heterocycles. The highest BCUT2D eigenvalue weighted by atomic mass is 19.1. The molecule has 1 aliphatic heterocycles. The molecule has 5 heteroatoms. The van der Waals surface area contributed by atoms with Crippen molar-refractivity contribution in [1.82, 2.24) is 9.55 Å². The highest BCUT2D eigenvalue weighted by Gasteiger charge is 2.17. The molecule has 4 rings (SSSR count). The van der Waals surface area contributed by atoms with Crippen molar-refractivity contribution >= 4 is 11.6 Å². The van der Waals surface area contributed by atoms with Gasteiger partial charge in [-0.2, -0.15) is 0 Å². The van der Waals surface area contributed by atoms with Crippen LogP contribution in [0.1, 0.15) is 29.0 Å². The van der Waals surface area contributed by atoms with Crippen molar-refractivity contribution in [3.8, 4) is 11.3 Å². The zero-order valence-corrected chi connectivity index (χ0v) is 13.7. The number of amides is 1. The van der Waals surface area contributed by atoms with E-state index in [1.165, 1.54) is 12.1 Å². The third-order valence-electron chi connectivity index (χ3n) is 4.48. The molecule has 0 atom stereocenters. The summed E-state index contributed by atoms with van der Waals surface area (Å²) in [5.41, 5.74) is 2.34. The van der Waals surface area contributed by atoms with Crippen LogP contribution in [0, 0.1) is 5.82 Å². The lowest BCUT2D eigenvalue weighted by Gasteiger charge is -2.11. The summed E-state index contributed by atoms with van der Waals surface area (Å²) in [6, 6.07) is 13.5. The number of hydrogen-bond donors (Lipinski definition) is 1. The molecule has 1 amide bonds. The second-order valence-corrected chi connectivity index (χ2v) is 6.17. The number of nitrogens with zero attached hydrogens (tertiary/aromatic N) is 2. The van der Waals surface area contributed by atoms with E-state index in [1.807, 2.05) is 30.5 Å². The van der Waals surface area contributed by atoms with Gasteiger partial charge in [-0.05, 0) is 31.0 Å². The number of aryl methyl sites for hydroxylation is 2. The molecule has 4 nitrogen and oxygen atoms in total. The molecule has 2 aromatic carbocycles. The molecule has 126 valence electrons. The van der Waals surface area contributed by atoms with Gasteiger partial charge in [-0.15, -0.1) is 0 Å². The van der Waals surface area contributed by atoms with Gasteiger partial charge in [0.2, 0.25) is 0 Å². The van der Waals surface area contributed by atoms with Gasteiger partial charge in [0.05, 0.1) is 16.9 Å². The summed E-state index contributed by atoms with van der Waals surface area (Å²) in [7, 11) is 0. The van der Waals surface area contributed by atoms with E-state index in [2.05, 4.69) is 9.88 Å². The van der Waals surface area contributed by atoms with Crippen LogP contribution in [-0.2, 0) is 13.0 Å². The van der Waals surface area contributed by atoms with Gasteiger partial charge in [0.1, 0.15) is 11.6 Å². The first-order valence-corrected chi connectivity index (χ1v) is 8.44. The maximum absolute atomic E-state index is 13.8. The van der Waals surface area contributed by atoms with Crippen LogP contribution in [-0.4, -0.2) is 15.5 Å². The lowest BCUT2D eigenvalue weighted by molar-refractivity contribution is 0.102. The molecule has 0 aliphatic carbocycles. The van der Waals surface area contributed by atoms with Crippen LogP contribution >= 0.6 is 0 Å². The van der Waals surface area contributed by atoms with Gasteiger partial charge in [-0.1, -0.05) is 30.3 Å². The highest BCUT2D eigenvalue weighted by molar-refractivity contribution is 6.06. The van der Waals surface area contributed by atoms with Crippen LogP contribution in [0.4, 0.5) is 10.1 Å². The third kappa shape index (κ3) is 3.05. The number of aromatic nitrogens is 2. The fraction of sp³-hybridized carbons (Fsp3) is 0.200. The number of para-hydroxylation sites is 1. The van der Waals surface area contributed by atoms with E-state index in [1.54, 1.807) is 12.1 Å². The smallest absolute Gasteiger partial charge is 0.258 e. The molecule has 1 N–H and O–H groups in total. The van der Waals surface area contributed by atoms with Crippen LogP contribution < -0.4 is 5.32 Å². The zero-order chi connectivity index (χ0) is 17.2. The van der Waals surface area contributed by atoms with Crippen molar-refractivity contribution in [2.45, 2.75) is 25.8 Å². The van der Waals surface area contributed by atoms with Gasteiger partial charge in [0, 0.05) is 24.7 Å². The Hall–Kier alpha value is -2.95. The van der Waals surface area contributed by atoms with Gasteiger partial charge < -0.3 is 9.88 Å². The SMILES string of the molecule is O=C(Nc1ccccc1-c1cn2c(n1)CCCC2)c1ccccc1F. The topological polar surface area (TPSA) is 46.9 Å². The number of anilines is 1. The summed E-state index contributed by atoms with van der Waals surface area (Å²) < 4.78 is 16.0. The first-order chi connectivity index (χ1) is 12.2. The van der Waals surface area contributed by atoms with Gasteiger partial charge in [0.15, 0.2) is 0 Å². The standard InChI is InChI=1S/C20H18FN3O/c21-16-9-3-1-7-14(16)20(25)23-17-10-4-2-8-15(17)18-13-24-12-6-5-11-19(24)22-18/h1-4,7-10,13H,5-6,11-12H2,(H,23,25). The fourth-order valence-electron chi connectivity index (χ4n) is 3.19. The van der Waals surface area contributed by atoms with E-state index in [9.17, 15) is 9.18 Å². The molecular weight excluding hydrogens is 317 g/mol. The Morgan fingerprint density at radius 1 is 1.08 bits per heavy atom. The van der Waals surface area contributed by atoms with Gasteiger partial charge in [-0.3, -0.25) is 4.79 Å². The van der Waals surface area contributed by atoms with Crippen LogP contribution in [0.15, 0.2) is 54.7 Å². The minimum atomic E-state index is -0.532. The van der Waals surface area contributed by atoms with Crippen molar-refractivity contribution in [3.63, 3.8) is 0 Å². The Morgan fingerprint density at radius 2 is 1.88 bits per heavy atom. The molecule has 0 unspecified atom stereocenters. The molecule has 1 aliphatic rings. The molecular formula is C20H18FN3O. The van der Waals surface area contributed by atoms with Gasteiger partial charge >= 0.3 is 0 Å². The quantitative estimate of drug-likeness (QED) is 0.777. The number of hydrogen-bond acceptors (Lipinski definition) is 2. The van der Waals surface area contributed by atoms with E-state index in [0.717, 1.165) is 42.9 Å². The molecule has 0 fully saturated rings. The summed E-state index contributed by atoms with van der Waals surface area (Å²) >= 11 is 0. The summed E-state index contributed by atoms with van der Waals surface area (Å²) in [6.07, 6.45) is 5.32. The predicted octanol–water partition coefficient (Wildman–Crippen LogP) is 4.28. The normalized spacial score (nSPS) is 13.3. The Morgan fingerprint density at radius 3 is 2.72 bits per heavy atom. The first kappa shape index (κ1) is 15.6. The molecule has 25 heavy (non-hydrogen) atoms. The summed E-state index contributed by atoms with van der Waals surface area (Å²) in [5, 5.41) is 2.82. The number of halogens is 1. The van der Waals surface area contributed by atoms with Crippen LogP contribution in [0.5, 0.6) is 0 Å². The second kappa shape index (κ2) is 6.51. The van der Waals surface area contributed by atoms with Crippen LogP contribution in [0.2, 0.25) is 0 Å². The lowest BCUT2D eigenvalue weighted by Crippen LogP contribution is -2.14. The minimum absolute atomic E-state index is 0.0291. The van der Waals surface area contributed by atoms with Crippen molar-refractivity contribution in [2.75, 3.05) is 5.32 Å². The number of nitrogens with one attached hydrogen (secondary N) is 1. The average molecular weight is 335 g/mol. The first-order valence-electron chi connectivity index (χ1n) is 8.44. The largest absolute Gasteiger partial charge is 0.334 e. The van der Waals surface area contributed by atoms with Crippen molar-refractivity contribution < 1.29 is 9.18 Å². The zero-order valence-electron chi connectivity index (χ0n) is 13.7. The van der Waals surface area contributed by atoms with E-state index in [-0.39, 0.29) is 5.56 Å². The molecule has 3 aromatic rings. The molecule has 2 heterocycles. The summed E-state index contributed by atoms with van der Waals surface area (Å²) in [6.45, 7) is 0.978. The molecule has 0 spiro atoms. The number of benzene rings is 2. The van der Waals surface area contributed by atoms with Crippen molar-refractivity contribution in [1.29, 1.82) is 0 Å². The van der Waals surface area contributed by atoms with Crippen LogP contribution in [0.3, 0.4) is 0 Å². The van der Waals surface area contributed by atoms with Crippen molar-refractivity contribution in [3.05, 3.63) is 71.9 Å². The summed E-state index contributed by atoms with van der Waals surface area (Å²) in [4.78, 5) is 17.2. The Labute approximate surface area is 145 Å². The van der Waals surface area contributed by atoms with Gasteiger partial charge in [0.25, 0.3) is 5.91 Å². The lowest BCUT2D eigenvalue weighted by atomic mass is 10.1. The Kier molecular flexibility index (Phi) is 4.06. The number of imidazole rings is 1. The molecule has 0 saturated carbocycles. The average Bonchev–Trinajstić information content (AvgIpc) is 3.06. The molecule has 0 radical (unpaired) electrons. The maximum atomic E-state index is 13.8. The number of carbonyl (C=O) groups is 1. The summed E-state index contributed by atoms with van der Waals surface area (Å²) in [5.74, 6) is 0.0842. The third-order valence-corrected chi connectivity index (χ3v) is 4.48. The monoisotopic (exact) mass is 335 g/mol.